The largest absolute Gasteiger partial charge is 0.299 e. The number of hydrogen-bond donors (Lipinski definition) is 0. The lowest BCUT2D eigenvalue weighted by Crippen LogP contribution is -2.41. The third-order valence-electron chi connectivity index (χ3n) is 4.06. The van der Waals surface area contributed by atoms with Crippen LogP contribution in [0.3, 0.4) is 0 Å². The fourth-order valence-corrected chi connectivity index (χ4v) is 4.00. The SMILES string of the molecule is CCN1CCCC1CN(C)S(=O)(=O)c1ccc(C#N)cc1. The first-order valence-corrected chi connectivity index (χ1v) is 8.63. The molecule has 0 bridgehead atoms. The third kappa shape index (κ3) is 3.43. The van der Waals surface area contributed by atoms with Crippen molar-refractivity contribution in [3.05, 3.63) is 29.8 Å². The van der Waals surface area contributed by atoms with Gasteiger partial charge in [-0.15, -0.1) is 0 Å². The highest BCUT2D eigenvalue weighted by atomic mass is 32.2. The summed E-state index contributed by atoms with van der Waals surface area (Å²) in [5.41, 5.74) is 0.463. The molecule has 1 aromatic carbocycles. The number of likely N-dealkylation sites (N-methyl/N-ethyl adjacent to an activating group) is 2. The number of rotatable bonds is 5. The smallest absolute Gasteiger partial charge is 0.242 e. The molecular formula is C15H21N3O2S. The average molecular weight is 307 g/mol. The summed E-state index contributed by atoms with van der Waals surface area (Å²) in [5.74, 6) is 0. The van der Waals surface area contributed by atoms with Crippen LogP contribution in [0.25, 0.3) is 0 Å². The molecule has 114 valence electrons. The highest BCUT2D eigenvalue weighted by molar-refractivity contribution is 7.89. The molecule has 1 aliphatic rings. The van der Waals surface area contributed by atoms with Crippen molar-refractivity contribution >= 4 is 10.0 Å². The van der Waals surface area contributed by atoms with Crippen LogP contribution in [0.15, 0.2) is 29.2 Å². The topological polar surface area (TPSA) is 64.4 Å². The molecule has 1 unspecified atom stereocenters. The van der Waals surface area contributed by atoms with Crippen molar-refractivity contribution in [3.63, 3.8) is 0 Å². The quantitative estimate of drug-likeness (QED) is 0.830. The molecule has 0 aromatic heterocycles. The van der Waals surface area contributed by atoms with Gasteiger partial charge in [-0.25, -0.2) is 8.42 Å². The minimum absolute atomic E-state index is 0.241. The Bertz CT molecular complexity index is 619. The van der Waals surface area contributed by atoms with Crippen LogP contribution in [-0.4, -0.2) is 50.3 Å². The van der Waals surface area contributed by atoms with Crippen LogP contribution in [0.5, 0.6) is 0 Å². The molecule has 1 atom stereocenters. The molecule has 0 N–H and O–H groups in total. The molecule has 0 spiro atoms. The maximum absolute atomic E-state index is 12.5. The van der Waals surface area contributed by atoms with E-state index in [1.54, 1.807) is 7.05 Å². The van der Waals surface area contributed by atoms with Crippen molar-refractivity contribution < 1.29 is 8.42 Å². The summed E-state index contributed by atoms with van der Waals surface area (Å²) in [6.45, 7) is 4.62. The van der Waals surface area contributed by atoms with Crippen LogP contribution in [0, 0.1) is 11.3 Å². The molecule has 1 saturated heterocycles. The maximum Gasteiger partial charge on any atom is 0.242 e. The Kier molecular flexibility index (Phi) is 4.99. The first-order chi connectivity index (χ1) is 9.98. The van der Waals surface area contributed by atoms with Crippen molar-refractivity contribution in [2.45, 2.75) is 30.7 Å². The summed E-state index contributed by atoms with van der Waals surface area (Å²) in [6.07, 6.45) is 2.17. The van der Waals surface area contributed by atoms with Gasteiger partial charge in [0, 0.05) is 19.6 Å². The second kappa shape index (κ2) is 6.56. The number of hydrogen-bond acceptors (Lipinski definition) is 4. The first kappa shape index (κ1) is 16.0. The van der Waals surface area contributed by atoms with E-state index in [1.165, 1.54) is 28.6 Å². The highest BCUT2D eigenvalue weighted by Crippen LogP contribution is 2.21. The number of benzene rings is 1. The van der Waals surface area contributed by atoms with Gasteiger partial charge in [0.1, 0.15) is 0 Å². The standard InChI is InChI=1S/C15H21N3O2S/c1-3-18-10-4-5-14(18)12-17(2)21(19,20)15-8-6-13(11-16)7-9-15/h6-9,14H,3-5,10,12H2,1-2H3. The summed E-state index contributed by atoms with van der Waals surface area (Å²) in [5, 5.41) is 8.77. The Balaban J connectivity index is 2.12. The minimum atomic E-state index is -3.49. The molecule has 21 heavy (non-hydrogen) atoms. The van der Waals surface area contributed by atoms with Crippen LogP contribution in [0.1, 0.15) is 25.3 Å². The predicted molar refractivity (Wildman–Crippen MR) is 81.2 cm³/mol. The molecule has 1 fully saturated rings. The van der Waals surface area contributed by atoms with E-state index in [9.17, 15) is 8.42 Å². The number of nitriles is 1. The van der Waals surface area contributed by atoms with Gasteiger partial charge in [0.15, 0.2) is 0 Å². The monoisotopic (exact) mass is 307 g/mol. The molecule has 0 aliphatic carbocycles. The molecule has 1 heterocycles. The molecule has 5 nitrogen and oxygen atoms in total. The first-order valence-electron chi connectivity index (χ1n) is 7.19. The highest BCUT2D eigenvalue weighted by Gasteiger charge is 2.29. The van der Waals surface area contributed by atoms with Crippen molar-refractivity contribution in [1.29, 1.82) is 5.26 Å². The van der Waals surface area contributed by atoms with E-state index < -0.39 is 10.0 Å². The summed E-state index contributed by atoms with van der Waals surface area (Å²) in [4.78, 5) is 2.56. The predicted octanol–water partition coefficient (Wildman–Crippen LogP) is 1.66. The number of sulfonamides is 1. The van der Waals surface area contributed by atoms with Gasteiger partial charge in [0.05, 0.1) is 16.5 Å². The Morgan fingerprint density at radius 2 is 2.05 bits per heavy atom. The van der Waals surface area contributed by atoms with E-state index in [0.29, 0.717) is 18.2 Å². The summed E-state index contributed by atoms with van der Waals surface area (Å²) < 4.78 is 26.5. The lowest BCUT2D eigenvalue weighted by Gasteiger charge is -2.27. The Morgan fingerprint density at radius 1 is 1.38 bits per heavy atom. The third-order valence-corrected chi connectivity index (χ3v) is 5.90. The zero-order valence-electron chi connectivity index (χ0n) is 12.5. The summed E-state index contributed by atoms with van der Waals surface area (Å²) in [6, 6.07) is 8.36. The van der Waals surface area contributed by atoms with Gasteiger partial charge in [0.25, 0.3) is 0 Å². The van der Waals surface area contributed by atoms with E-state index in [1.807, 2.05) is 6.07 Å². The second-order valence-corrected chi connectivity index (χ2v) is 7.39. The molecule has 1 aromatic rings. The van der Waals surface area contributed by atoms with Gasteiger partial charge in [-0.3, -0.25) is 4.90 Å². The Hall–Kier alpha value is -1.42. The van der Waals surface area contributed by atoms with Gasteiger partial charge in [-0.05, 0) is 50.2 Å². The molecule has 6 heteroatoms. The lowest BCUT2D eigenvalue weighted by atomic mass is 10.2. The van der Waals surface area contributed by atoms with Crippen LogP contribution in [0.2, 0.25) is 0 Å². The Morgan fingerprint density at radius 3 is 2.62 bits per heavy atom. The van der Waals surface area contributed by atoms with E-state index >= 15 is 0 Å². The molecular weight excluding hydrogens is 286 g/mol. The average Bonchev–Trinajstić information content (AvgIpc) is 2.94. The van der Waals surface area contributed by atoms with Crippen LogP contribution >= 0.6 is 0 Å². The minimum Gasteiger partial charge on any atom is -0.299 e. The Labute approximate surface area is 126 Å². The van der Waals surface area contributed by atoms with Gasteiger partial charge >= 0.3 is 0 Å². The van der Waals surface area contributed by atoms with Crippen molar-refractivity contribution in [1.82, 2.24) is 9.21 Å². The van der Waals surface area contributed by atoms with Crippen molar-refractivity contribution in [3.8, 4) is 6.07 Å². The zero-order chi connectivity index (χ0) is 15.5. The van der Waals surface area contributed by atoms with Crippen molar-refractivity contribution in [2.75, 3.05) is 26.7 Å². The van der Waals surface area contributed by atoms with Crippen LogP contribution in [-0.2, 0) is 10.0 Å². The normalized spacial score (nSPS) is 19.8. The van der Waals surface area contributed by atoms with Gasteiger partial charge in [-0.2, -0.15) is 9.57 Å². The second-order valence-electron chi connectivity index (χ2n) is 5.35. The molecule has 0 amide bonds. The number of nitrogens with zero attached hydrogens (tertiary/aromatic N) is 3. The van der Waals surface area contributed by atoms with Gasteiger partial charge in [-0.1, -0.05) is 6.92 Å². The van der Waals surface area contributed by atoms with Gasteiger partial charge in [0.2, 0.25) is 10.0 Å². The fraction of sp³-hybridized carbons (Fsp3) is 0.533. The van der Waals surface area contributed by atoms with E-state index in [0.717, 1.165) is 25.9 Å². The summed E-state index contributed by atoms with van der Waals surface area (Å²) in [7, 11) is -1.86. The van der Waals surface area contributed by atoms with E-state index in [2.05, 4.69) is 11.8 Å². The van der Waals surface area contributed by atoms with E-state index in [4.69, 9.17) is 5.26 Å². The van der Waals surface area contributed by atoms with Gasteiger partial charge < -0.3 is 0 Å². The molecule has 1 aliphatic heterocycles. The van der Waals surface area contributed by atoms with Crippen LogP contribution in [0.4, 0.5) is 0 Å². The lowest BCUT2D eigenvalue weighted by molar-refractivity contribution is 0.237. The molecule has 0 saturated carbocycles. The van der Waals surface area contributed by atoms with E-state index in [-0.39, 0.29) is 4.90 Å². The summed E-state index contributed by atoms with van der Waals surface area (Å²) >= 11 is 0. The maximum atomic E-state index is 12.5. The number of likely N-dealkylation sites (tertiary alicyclic amines) is 1. The molecule has 0 radical (unpaired) electrons. The van der Waals surface area contributed by atoms with Crippen molar-refractivity contribution in [2.24, 2.45) is 0 Å². The molecule has 2 rings (SSSR count). The zero-order valence-corrected chi connectivity index (χ0v) is 13.3. The van der Waals surface area contributed by atoms with Crippen LogP contribution < -0.4 is 0 Å². The fourth-order valence-electron chi connectivity index (χ4n) is 2.79.